The van der Waals surface area contributed by atoms with E-state index in [-0.39, 0.29) is 5.91 Å². The number of ether oxygens (including phenoxy) is 2. The number of benzene rings is 3. The first-order chi connectivity index (χ1) is 16.2. The maximum absolute atomic E-state index is 12.9. The van der Waals surface area contributed by atoms with E-state index in [4.69, 9.17) is 9.47 Å². The molecule has 5 heteroatoms. The molecule has 3 aromatic carbocycles. The highest BCUT2D eigenvalue weighted by molar-refractivity contribution is 5.94. The Bertz CT molecular complexity index is 1080. The zero-order valence-electron chi connectivity index (χ0n) is 19.2. The summed E-state index contributed by atoms with van der Waals surface area (Å²) in [5, 5.41) is 6.54. The Morgan fingerprint density at radius 3 is 2.79 bits per heavy atom. The van der Waals surface area contributed by atoms with Gasteiger partial charge in [-0.15, -0.1) is 0 Å². The summed E-state index contributed by atoms with van der Waals surface area (Å²) in [4.78, 5) is 12.9. The summed E-state index contributed by atoms with van der Waals surface area (Å²) >= 11 is 0. The highest BCUT2D eigenvalue weighted by atomic mass is 16.5. The standard InChI is InChI=1S/C28H32N2O3/c1-32-26-10-6-9-23(17-26)20-30-28(31)24-11-12-27-25(18-24)16-21-7-5-8-22(15-21)19-29-13-3-2-4-14-33-27/h5-12,15,17-18,29H,2-4,13-14,16,19-20H2,1H3,(H,30,31). The van der Waals surface area contributed by atoms with Crippen LogP contribution in [0, 0.1) is 0 Å². The molecule has 0 spiro atoms. The van der Waals surface area contributed by atoms with E-state index in [0.29, 0.717) is 18.7 Å². The Labute approximate surface area is 196 Å². The topological polar surface area (TPSA) is 59.6 Å². The second kappa shape index (κ2) is 11.5. The van der Waals surface area contributed by atoms with E-state index in [0.717, 1.165) is 61.4 Å². The summed E-state index contributed by atoms with van der Waals surface area (Å²) in [5.74, 6) is 1.54. The molecule has 0 radical (unpaired) electrons. The first-order valence-corrected chi connectivity index (χ1v) is 11.7. The van der Waals surface area contributed by atoms with Crippen molar-refractivity contribution in [3.05, 3.63) is 94.5 Å². The van der Waals surface area contributed by atoms with Crippen molar-refractivity contribution in [2.24, 2.45) is 0 Å². The van der Waals surface area contributed by atoms with Gasteiger partial charge in [0.1, 0.15) is 11.5 Å². The van der Waals surface area contributed by atoms with Gasteiger partial charge in [-0.3, -0.25) is 4.79 Å². The van der Waals surface area contributed by atoms with Crippen LogP contribution in [0.4, 0.5) is 0 Å². The maximum atomic E-state index is 12.9. The molecule has 1 aliphatic rings. The lowest BCUT2D eigenvalue weighted by atomic mass is 9.99. The van der Waals surface area contributed by atoms with Gasteiger partial charge in [0.2, 0.25) is 0 Å². The predicted octanol–water partition coefficient (Wildman–Crippen LogP) is 4.87. The summed E-state index contributed by atoms with van der Waals surface area (Å²) in [6.07, 6.45) is 4.02. The van der Waals surface area contributed by atoms with Crippen molar-refractivity contribution in [3.8, 4) is 11.5 Å². The number of hydrogen-bond acceptors (Lipinski definition) is 4. The third kappa shape index (κ3) is 6.59. The Hall–Kier alpha value is -3.31. The average Bonchev–Trinajstić information content (AvgIpc) is 2.85. The number of nitrogens with one attached hydrogen (secondary N) is 2. The maximum Gasteiger partial charge on any atom is 0.251 e. The molecule has 4 rings (SSSR count). The summed E-state index contributed by atoms with van der Waals surface area (Å²) in [5.41, 5.74) is 5.16. The van der Waals surface area contributed by atoms with Crippen LogP contribution in [0.2, 0.25) is 0 Å². The Kier molecular flexibility index (Phi) is 7.99. The molecule has 0 aromatic heterocycles. The van der Waals surface area contributed by atoms with E-state index in [2.05, 4.69) is 34.9 Å². The van der Waals surface area contributed by atoms with Crippen LogP contribution in [0.1, 0.15) is 51.9 Å². The van der Waals surface area contributed by atoms with Gasteiger partial charge in [0.05, 0.1) is 13.7 Å². The Balaban J connectivity index is 1.52. The van der Waals surface area contributed by atoms with Crippen molar-refractivity contribution in [3.63, 3.8) is 0 Å². The lowest BCUT2D eigenvalue weighted by molar-refractivity contribution is 0.0950. The molecule has 1 aliphatic heterocycles. The van der Waals surface area contributed by atoms with Gasteiger partial charge in [0, 0.05) is 25.1 Å². The van der Waals surface area contributed by atoms with E-state index >= 15 is 0 Å². The minimum atomic E-state index is -0.0991. The van der Waals surface area contributed by atoms with Crippen LogP contribution in [0.25, 0.3) is 0 Å². The number of carbonyl (C=O) groups excluding carboxylic acids is 1. The molecule has 5 nitrogen and oxygen atoms in total. The van der Waals surface area contributed by atoms with Crippen LogP contribution < -0.4 is 20.1 Å². The fourth-order valence-corrected chi connectivity index (χ4v) is 4.08. The first kappa shape index (κ1) is 22.9. The number of rotatable bonds is 4. The molecule has 1 heterocycles. The van der Waals surface area contributed by atoms with E-state index in [1.165, 1.54) is 11.1 Å². The number of carbonyl (C=O) groups is 1. The summed E-state index contributed by atoms with van der Waals surface area (Å²) in [7, 11) is 1.64. The second-order valence-corrected chi connectivity index (χ2v) is 8.44. The van der Waals surface area contributed by atoms with E-state index in [1.807, 2.05) is 42.5 Å². The number of methoxy groups -OCH3 is 1. The molecular formula is C28H32N2O3. The smallest absolute Gasteiger partial charge is 0.251 e. The lowest BCUT2D eigenvalue weighted by Crippen LogP contribution is -2.23. The van der Waals surface area contributed by atoms with Gasteiger partial charge < -0.3 is 20.1 Å². The molecule has 1 amide bonds. The molecule has 3 aromatic rings. The van der Waals surface area contributed by atoms with Crippen LogP contribution in [-0.4, -0.2) is 26.2 Å². The van der Waals surface area contributed by atoms with Gasteiger partial charge in [0.25, 0.3) is 5.91 Å². The predicted molar refractivity (Wildman–Crippen MR) is 131 cm³/mol. The normalized spacial score (nSPS) is 14.3. The first-order valence-electron chi connectivity index (χ1n) is 11.7. The molecule has 172 valence electrons. The number of fused-ring (bicyclic) bond motifs is 3. The van der Waals surface area contributed by atoms with Crippen LogP contribution in [0.5, 0.6) is 11.5 Å². The lowest BCUT2D eigenvalue weighted by Gasteiger charge is -2.15. The molecule has 0 unspecified atom stereocenters. The average molecular weight is 445 g/mol. The van der Waals surface area contributed by atoms with Crippen LogP contribution in [0.3, 0.4) is 0 Å². The Morgan fingerprint density at radius 1 is 1.00 bits per heavy atom. The molecule has 0 saturated carbocycles. The van der Waals surface area contributed by atoms with Gasteiger partial charge in [-0.25, -0.2) is 0 Å². The number of amides is 1. The zero-order chi connectivity index (χ0) is 22.9. The minimum Gasteiger partial charge on any atom is -0.497 e. The van der Waals surface area contributed by atoms with E-state index in [9.17, 15) is 4.79 Å². The van der Waals surface area contributed by atoms with Crippen LogP contribution in [-0.2, 0) is 19.5 Å². The molecule has 0 atom stereocenters. The van der Waals surface area contributed by atoms with Crippen molar-refractivity contribution >= 4 is 5.91 Å². The van der Waals surface area contributed by atoms with Gasteiger partial charge in [-0.05, 0) is 78.4 Å². The van der Waals surface area contributed by atoms with Crippen molar-refractivity contribution in [2.75, 3.05) is 20.3 Å². The van der Waals surface area contributed by atoms with E-state index < -0.39 is 0 Å². The van der Waals surface area contributed by atoms with Crippen LogP contribution >= 0.6 is 0 Å². The van der Waals surface area contributed by atoms with Crippen molar-refractivity contribution in [2.45, 2.75) is 38.8 Å². The summed E-state index contributed by atoms with van der Waals surface area (Å²) in [6, 6.07) is 22.1. The summed E-state index contributed by atoms with van der Waals surface area (Å²) < 4.78 is 11.4. The van der Waals surface area contributed by atoms with Gasteiger partial charge in [-0.1, -0.05) is 36.4 Å². The molecule has 0 aliphatic carbocycles. The Morgan fingerprint density at radius 2 is 1.88 bits per heavy atom. The van der Waals surface area contributed by atoms with E-state index in [1.54, 1.807) is 7.11 Å². The molecule has 2 N–H and O–H groups in total. The highest BCUT2D eigenvalue weighted by Gasteiger charge is 2.12. The second-order valence-electron chi connectivity index (χ2n) is 8.44. The van der Waals surface area contributed by atoms with Gasteiger partial charge >= 0.3 is 0 Å². The zero-order valence-corrected chi connectivity index (χ0v) is 19.2. The largest absolute Gasteiger partial charge is 0.497 e. The SMILES string of the molecule is COc1cccc(CNC(=O)c2ccc3c(c2)Cc2cccc(c2)CNCCCCCO3)c1. The molecular weight excluding hydrogens is 412 g/mol. The van der Waals surface area contributed by atoms with Crippen molar-refractivity contribution in [1.29, 1.82) is 0 Å². The molecule has 33 heavy (non-hydrogen) atoms. The quantitative estimate of drug-likeness (QED) is 0.603. The van der Waals surface area contributed by atoms with Crippen LogP contribution in [0.15, 0.2) is 66.7 Å². The fourth-order valence-electron chi connectivity index (χ4n) is 4.08. The molecule has 0 saturated heterocycles. The van der Waals surface area contributed by atoms with Crippen molar-refractivity contribution in [1.82, 2.24) is 10.6 Å². The van der Waals surface area contributed by atoms with Gasteiger partial charge in [0.15, 0.2) is 0 Å². The number of hydrogen-bond donors (Lipinski definition) is 2. The third-order valence-electron chi connectivity index (χ3n) is 5.88. The highest BCUT2D eigenvalue weighted by Crippen LogP contribution is 2.25. The monoisotopic (exact) mass is 444 g/mol. The molecule has 2 bridgehead atoms. The van der Waals surface area contributed by atoms with Gasteiger partial charge in [-0.2, -0.15) is 0 Å². The fraction of sp³-hybridized carbons (Fsp3) is 0.321. The minimum absolute atomic E-state index is 0.0991. The third-order valence-corrected chi connectivity index (χ3v) is 5.88. The summed E-state index contributed by atoms with van der Waals surface area (Å²) in [6.45, 7) is 3.03. The molecule has 0 fully saturated rings. The van der Waals surface area contributed by atoms with Crippen molar-refractivity contribution < 1.29 is 14.3 Å².